The van der Waals surface area contributed by atoms with Gasteiger partial charge in [-0.2, -0.15) is 0 Å². The summed E-state index contributed by atoms with van der Waals surface area (Å²) in [6.45, 7) is 4.81. The average molecular weight is 233 g/mol. The van der Waals surface area contributed by atoms with Gasteiger partial charge >= 0.3 is 5.97 Å². The van der Waals surface area contributed by atoms with E-state index in [1.54, 1.807) is 0 Å². The highest BCUT2D eigenvalue weighted by atomic mass is 16.5. The van der Waals surface area contributed by atoms with Crippen LogP contribution in [0.25, 0.3) is 0 Å². The van der Waals surface area contributed by atoms with E-state index >= 15 is 0 Å². The number of carbonyl (C=O) groups excluding carboxylic acids is 1. The zero-order valence-electron chi connectivity index (χ0n) is 10.4. The van der Waals surface area contributed by atoms with E-state index in [1.807, 2.05) is 18.2 Å². The number of ether oxygens (including phenoxy) is 1. The molecule has 0 N–H and O–H groups in total. The summed E-state index contributed by atoms with van der Waals surface area (Å²) >= 11 is 0. The van der Waals surface area contributed by atoms with Crippen molar-refractivity contribution >= 4 is 5.97 Å². The summed E-state index contributed by atoms with van der Waals surface area (Å²) in [4.78, 5) is 13.9. The topological polar surface area (TPSA) is 29.5 Å². The molecule has 2 rings (SSSR count). The molecule has 3 nitrogen and oxygen atoms in total. The quantitative estimate of drug-likeness (QED) is 0.747. The Labute approximate surface area is 102 Å². The Morgan fingerprint density at radius 2 is 2.06 bits per heavy atom. The summed E-state index contributed by atoms with van der Waals surface area (Å²) in [6, 6.07) is 10.4. The monoisotopic (exact) mass is 233 g/mol. The van der Waals surface area contributed by atoms with Crippen molar-refractivity contribution in [3.8, 4) is 0 Å². The van der Waals surface area contributed by atoms with Crippen molar-refractivity contribution in [2.75, 3.05) is 20.2 Å². The van der Waals surface area contributed by atoms with Crippen LogP contribution in [0.1, 0.15) is 12.5 Å². The van der Waals surface area contributed by atoms with Crippen LogP contribution in [0, 0.1) is 11.8 Å². The van der Waals surface area contributed by atoms with E-state index in [9.17, 15) is 4.79 Å². The number of hydrogen-bond acceptors (Lipinski definition) is 3. The van der Waals surface area contributed by atoms with Gasteiger partial charge in [-0.25, -0.2) is 0 Å². The van der Waals surface area contributed by atoms with Crippen molar-refractivity contribution in [1.29, 1.82) is 0 Å². The number of methoxy groups -OCH3 is 1. The zero-order valence-corrected chi connectivity index (χ0v) is 10.4. The molecule has 92 valence electrons. The van der Waals surface area contributed by atoms with E-state index in [1.165, 1.54) is 12.7 Å². The molecule has 0 bridgehead atoms. The molecule has 0 unspecified atom stereocenters. The van der Waals surface area contributed by atoms with Crippen molar-refractivity contribution < 1.29 is 9.53 Å². The average Bonchev–Trinajstić information content (AvgIpc) is 2.70. The second-order valence-corrected chi connectivity index (χ2v) is 4.79. The van der Waals surface area contributed by atoms with Crippen LogP contribution in [0.4, 0.5) is 0 Å². The molecule has 17 heavy (non-hydrogen) atoms. The van der Waals surface area contributed by atoms with Crippen LogP contribution in [-0.2, 0) is 16.1 Å². The first-order valence-corrected chi connectivity index (χ1v) is 6.05. The number of esters is 1. The van der Waals surface area contributed by atoms with Crippen molar-refractivity contribution in [2.45, 2.75) is 13.5 Å². The van der Waals surface area contributed by atoms with Gasteiger partial charge in [-0.3, -0.25) is 9.69 Å². The lowest BCUT2D eigenvalue weighted by atomic mass is 9.99. The first kappa shape index (κ1) is 12.1. The minimum absolute atomic E-state index is 0.0312. The molecule has 1 aliphatic rings. The summed E-state index contributed by atoms with van der Waals surface area (Å²) in [5.41, 5.74) is 1.30. The van der Waals surface area contributed by atoms with Gasteiger partial charge in [0, 0.05) is 19.6 Å². The molecule has 0 saturated carbocycles. The Bertz CT molecular complexity index is 377. The molecule has 1 saturated heterocycles. The normalized spacial score (nSPS) is 24.8. The smallest absolute Gasteiger partial charge is 0.310 e. The summed E-state index contributed by atoms with van der Waals surface area (Å²) in [7, 11) is 1.47. The van der Waals surface area contributed by atoms with Gasteiger partial charge in [-0.05, 0) is 11.5 Å². The standard InChI is InChI=1S/C14H19NO2/c1-11-8-15(10-13(11)14(16)17-2)9-12-6-4-3-5-7-12/h3-7,11,13H,8-10H2,1-2H3/t11-,13-/m1/s1. The second kappa shape index (κ2) is 5.32. The lowest BCUT2D eigenvalue weighted by Crippen LogP contribution is -2.24. The largest absolute Gasteiger partial charge is 0.469 e. The van der Waals surface area contributed by atoms with Crippen LogP contribution < -0.4 is 0 Å². The molecule has 3 heteroatoms. The third kappa shape index (κ3) is 2.86. The fourth-order valence-corrected chi connectivity index (χ4v) is 2.50. The lowest BCUT2D eigenvalue weighted by Gasteiger charge is -2.15. The summed E-state index contributed by atoms with van der Waals surface area (Å²) < 4.78 is 4.84. The highest BCUT2D eigenvalue weighted by molar-refractivity contribution is 5.73. The molecule has 1 aliphatic heterocycles. The predicted octanol–water partition coefficient (Wildman–Crippen LogP) is 1.93. The fraction of sp³-hybridized carbons (Fsp3) is 0.500. The number of benzene rings is 1. The van der Waals surface area contributed by atoms with Crippen LogP contribution in [0.2, 0.25) is 0 Å². The van der Waals surface area contributed by atoms with Gasteiger partial charge in [-0.15, -0.1) is 0 Å². The van der Waals surface area contributed by atoms with Crippen molar-refractivity contribution in [2.24, 2.45) is 11.8 Å². The highest BCUT2D eigenvalue weighted by Gasteiger charge is 2.35. The summed E-state index contributed by atoms with van der Waals surface area (Å²) in [5, 5.41) is 0. The van der Waals surface area contributed by atoms with E-state index < -0.39 is 0 Å². The molecule has 1 heterocycles. The Hall–Kier alpha value is -1.35. The van der Waals surface area contributed by atoms with Crippen LogP contribution >= 0.6 is 0 Å². The first-order valence-electron chi connectivity index (χ1n) is 6.05. The van der Waals surface area contributed by atoms with Crippen molar-refractivity contribution in [1.82, 2.24) is 4.90 Å². The Balaban J connectivity index is 1.95. The molecule has 0 spiro atoms. The highest BCUT2D eigenvalue weighted by Crippen LogP contribution is 2.25. The SMILES string of the molecule is COC(=O)[C@@H]1CN(Cc2ccccc2)C[C@H]1C. The van der Waals surface area contributed by atoms with E-state index in [4.69, 9.17) is 4.74 Å². The third-order valence-corrected chi connectivity index (χ3v) is 3.44. The van der Waals surface area contributed by atoms with Gasteiger partial charge in [0.25, 0.3) is 0 Å². The molecule has 2 atom stereocenters. The fourth-order valence-electron chi connectivity index (χ4n) is 2.50. The maximum absolute atomic E-state index is 11.6. The van der Waals surface area contributed by atoms with Gasteiger partial charge < -0.3 is 4.74 Å². The first-order chi connectivity index (χ1) is 8.20. The van der Waals surface area contributed by atoms with E-state index in [-0.39, 0.29) is 11.9 Å². The number of rotatable bonds is 3. The van der Waals surface area contributed by atoms with Gasteiger partial charge in [0.05, 0.1) is 13.0 Å². The Kier molecular flexibility index (Phi) is 3.79. The van der Waals surface area contributed by atoms with Gasteiger partial charge in [0.15, 0.2) is 0 Å². The minimum atomic E-state index is -0.0759. The molecular formula is C14H19NO2. The van der Waals surface area contributed by atoms with Gasteiger partial charge in [0.2, 0.25) is 0 Å². The molecule has 1 fully saturated rings. The lowest BCUT2D eigenvalue weighted by molar-refractivity contribution is -0.146. The molecule has 0 aromatic heterocycles. The third-order valence-electron chi connectivity index (χ3n) is 3.44. The summed E-state index contributed by atoms with van der Waals surface area (Å²) in [5.74, 6) is 0.336. The zero-order chi connectivity index (χ0) is 12.3. The van der Waals surface area contributed by atoms with Crippen molar-refractivity contribution in [3.05, 3.63) is 35.9 Å². The number of hydrogen-bond donors (Lipinski definition) is 0. The number of likely N-dealkylation sites (tertiary alicyclic amines) is 1. The van der Waals surface area contributed by atoms with E-state index in [0.717, 1.165) is 19.6 Å². The molecule has 1 aromatic rings. The van der Waals surface area contributed by atoms with Gasteiger partial charge in [0.1, 0.15) is 0 Å². The second-order valence-electron chi connectivity index (χ2n) is 4.79. The predicted molar refractivity (Wildman–Crippen MR) is 66.4 cm³/mol. The van der Waals surface area contributed by atoms with Crippen LogP contribution in [0.5, 0.6) is 0 Å². The Morgan fingerprint density at radius 3 is 2.71 bits per heavy atom. The molecule has 0 aliphatic carbocycles. The van der Waals surface area contributed by atoms with Crippen LogP contribution in [0.15, 0.2) is 30.3 Å². The van der Waals surface area contributed by atoms with Crippen molar-refractivity contribution in [3.63, 3.8) is 0 Å². The summed E-state index contributed by atoms with van der Waals surface area (Å²) in [6.07, 6.45) is 0. The number of carbonyl (C=O) groups is 1. The van der Waals surface area contributed by atoms with Crippen LogP contribution in [0.3, 0.4) is 0 Å². The van der Waals surface area contributed by atoms with E-state index in [0.29, 0.717) is 5.92 Å². The van der Waals surface area contributed by atoms with Crippen LogP contribution in [-0.4, -0.2) is 31.1 Å². The maximum atomic E-state index is 11.6. The minimum Gasteiger partial charge on any atom is -0.469 e. The maximum Gasteiger partial charge on any atom is 0.310 e. The molecule has 0 amide bonds. The Morgan fingerprint density at radius 1 is 1.35 bits per heavy atom. The molecular weight excluding hydrogens is 214 g/mol. The number of nitrogens with zero attached hydrogens (tertiary/aromatic N) is 1. The molecule has 1 aromatic carbocycles. The van der Waals surface area contributed by atoms with E-state index in [2.05, 4.69) is 24.0 Å². The van der Waals surface area contributed by atoms with Gasteiger partial charge in [-0.1, -0.05) is 37.3 Å². The molecule has 0 radical (unpaired) electrons.